The van der Waals surface area contributed by atoms with Crippen LogP contribution in [0, 0.1) is 12.7 Å². The molecule has 2 saturated heterocycles. The van der Waals surface area contributed by atoms with Crippen molar-refractivity contribution in [3.63, 3.8) is 0 Å². The Bertz CT molecular complexity index is 903. The van der Waals surface area contributed by atoms with Crippen LogP contribution in [0.2, 0.25) is 0 Å². The first-order valence-electron chi connectivity index (χ1n) is 9.72. The number of hydrogen-bond donors (Lipinski definition) is 1. The number of carbonyl (C=O) groups excluding carboxylic acids is 1. The highest BCUT2D eigenvalue weighted by atomic mass is 35.5. The number of nitrogens with one attached hydrogen (secondary N) is 1. The van der Waals surface area contributed by atoms with E-state index < -0.39 is 5.54 Å². The van der Waals surface area contributed by atoms with E-state index in [0.29, 0.717) is 5.56 Å². The zero-order valence-corrected chi connectivity index (χ0v) is 17.4. The number of likely N-dealkylation sites (N-methyl/N-ethyl adjacent to an activating group) is 1. The van der Waals surface area contributed by atoms with Crippen LogP contribution in [0.3, 0.4) is 0 Å². The number of halogens is 2. The molecule has 0 radical (unpaired) electrons. The molecule has 1 spiro atoms. The standard InChI is InChI=1S/C22H26FN3O.ClH/c1-4-15-5-6-18(23)17(12-15)16-11-14(2)24-20(13-16)19-7-8-22(25-19)9-10-26(3)21(22)27;/h5-6,11-13,19,25H,4,7-10H2,1-3H3;1H/t19-,22+;/m1./s1. The molecule has 1 amide bonds. The summed E-state index contributed by atoms with van der Waals surface area (Å²) in [5.74, 6) is -0.0354. The molecule has 150 valence electrons. The van der Waals surface area contributed by atoms with Crippen molar-refractivity contribution in [2.24, 2.45) is 0 Å². The van der Waals surface area contributed by atoms with Crippen molar-refractivity contribution in [2.75, 3.05) is 13.6 Å². The SMILES string of the molecule is CCc1ccc(F)c(-c2cc(C)nc([C@H]3CC[C@@]4(CCN(C)C4=O)N3)c2)c1.Cl. The number of hydrogen-bond acceptors (Lipinski definition) is 3. The molecule has 6 heteroatoms. The first-order valence-corrected chi connectivity index (χ1v) is 9.72. The lowest BCUT2D eigenvalue weighted by atomic mass is 9.96. The fourth-order valence-electron chi connectivity index (χ4n) is 4.43. The lowest BCUT2D eigenvalue weighted by Gasteiger charge is -2.23. The fourth-order valence-corrected chi connectivity index (χ4v) is 4.43. The highest BCUT2D eigenvalue weighted by Crippen LogP contribution is 2.39. The van der Waals surface area contributed by atoms with Crippen molar-refractivity contribution in [3.05, 3.63) is 53.1 Å². The summed E-state index contributed by atoms with van der Waals surface area (Å²) in [6.07, 6.45) is 3.40. The second-order valence-corrected chi connectivity index (χ2v) is 7.88. The highest BCUT2D eigenvalue weighted by molar-refractivity contribution is 5.88. The minimum atomic E-state index is -0.446. The van der Waals surface area contributed by atoms with Gasteiger partial charge < -0.3 is 4.90 Å². The number of nitrogens with zero attached hydrogens (tertiary/aromatic N) is 2. The Morgan fingerprint density at radius 1 is 1.29 bits per heavy atom. The molecule has 2 aliphatic rings. The van der Waals surface area contributed by atoms with Gasteiger partial charge in [0, 0.05) is 24.8 Å². The lowest BCUT2D eigenvalue weighted by molar-refractivity contribution is -0.131. The molecule has 0 aliphatic carbocycles. The normalized spacial score (nSPS) is 24.1. The summed E-state index contributed by atoms with van der Waals surface area (Å²) in [6, 6.07) is 9.23. The molecule has 0 saturated carbocycles. The van der Waals surface area contributed by atoms with Crippen molar-refractivity contribution >= 4 is 18.3 Å². The monoisotopic (exact) mass is 403 g/mol. The Morgan fingerprint density at radius 3 is 2.75 bits per heavy atom. The van der Waals surface area contributed by atoms with Crippen molar-refractivity contribution in [2.45, 2.75) is 51.1 Å². The summed E-state index contributed by atoms with van der Waals surface area (Å²) in [7, 11) is 1.86. The number of likely N-dealkylation sites (tertiary alicyclic amines) is 1. The summed E-state index contributed by atoms with van der Waals surface area (Å²) in [4.78, 5) is 19.1. The van der Waals surface area contributed by atoms with Gasteiger partial charge in [-0.2, -0.15) is 0 Å². The zero-order chi connectivity index (χ0) is 19.2. The van der Waals surface area contributed by atoms with E-state index in [4.69, 9.17) is 4.98 Å². The van der Waals surface area contributed by atoms with E-state index in [1.54, 1.807) is 11.0 Å². The maximum Gasteiger partial charge on any atom is 0.242 e. The fraction of sp³-hybridized carbons (Fsp3) is 0.455. The van der Waals surface area contributed by atoms with Crippen molar-refractivity contribution in [1.82, 2.24) is 15.2 Å². The van der Waals surface area contributed by atoms with Crippen LogP contribution in [0.5, 0.6) is 0 Å². The van der Waals surface area contributed by atoms with E-state index in [2.05, 4.69) is 12.2 Å². The van der Waals surface area contributed by atoms with Gasteiger partial charge in [0.1, 0.15) is 11.4 Å². The van der Waals surface area contributed by atoms with Gasteiger partial charge in [0.25, 0.3) is 0 Å². The quantitative estimate of drug-likeness (QED) is 0.835. The molecular weight excluding hydrogens is 377 g/mol. The van der Waals surface area contributed by atoms with Gasteiger partial charge in [-0.1, -0.05) is 13.0 Å². The number of amides is 1. The van der Waals surface area contributed by atoms with Crippen LogP contribution in [0.4, 0.5) is 4.39 Å². The van der Waals surface area contributed by atoms with Crippen LogP contribution in [0.1, 0.15) is 49.2 Å². The van der Waals surface area contributed by atoms with Gasteiger partial charge in [0.05, 0.1) is 11.7 Å². The third kappa shape index (κ3) is 3.53. The average molecular weight is 404 g/mol. The molecule has 2 fully saturated rings. The first kappa shape index (κ1) is 20.7. The van der Waals surface area contributed by atoms with Crippen molar-refractivity contribution in [1.29, 1.82) is 0 Å². The van der Waals surface area contributed by atoms with Crippen LogP contribution >= 0.6 is 12.4 Å². The number of benzene rings is 1. The molecule has 0 bridgehead atoms. The van der Waals surface area contributed by atoms with Gasteiger partial charge in [0.2, 0.25) is 5.91 Å². The molecule has 2 aromatic rings. The molecular formula is C22H27ClFN3O. The highest BCUT2D eigenvalue weighted by Gasteiger charge is 2.50. The first-order chi connectivity index (χ1) is 12.9. The molecule has 1 aromatic carbocycles. The largest absolute Gasteiger partial charge is 0.344 e. The van der Waals surface area contributed by atoms with E-state index in [0.717, 1.165) is 54.7 Å². The number of rotatable bonds is 3. The van der Waals surface area contributed by atoms with Gasteiger partial charge in [0.15, 0.2) is 0 Å². The van der Waals surface area contributed by atoms with Gasteiger partial charge in [-0.05, 0) is 68.0 Å². The minimum Gasteiger partial charge on any atom is -0.344 e. The molecule has 2 aliphatic heterocycles. The molecule has 4 rings (SSSR count). The van der Waals surface area contributed by atoms with Crippen LogP contribution < -0.4 is 5.32 Å². The molecule has 2 atom stereocenters. The number of pyridine rings is 1. The van der Waals surface area contributed by atoms with Gasteiger partial charge in [-0.15, -0.1) is 12.4 Å². The van der Waals surface area contributed by atoms with E-state index in [1.807, 2.05) is 38.2 Å². The summed E-state index contributed by atoms with van der Waals surface area (Å²) in [6.45, 7) is 4.80. The summed E-state index contributed by atoms with van der Waals surface area (Å²) in [5.41, 5.74) is 3.89. The molecule has 1 aromatic heterocycles. The Hall–Kier alpha value is -1.98. The predicted octanol–water partition coefficient (Wildman–Crippen LogP) is 4.21. The number of carbonyl (C=O) groups is 1. The van der Waals surface area contributed by atoms with Gasteiger partial charge >= 0.3 is 0 Å². The van der Waals surface area contributed by atoms with Crippen molar-refractivity contribution in [3.8, 4) is 11.1 Å². The average Bonchev–Trinajstić information content (AvgIpc) is 3.22. The third-order valence-corrected chi connectivity index (χ3v) is 6.02. The molecule has 0 unspecified atom stereocenters. The van der Waals surface area contributed by atoms with E-state index in [1.165, 1.54) is 0 Å². The molecule has 28 heavy (non-hydrogen) atoms. The topological polar surface area (TPSA) is 45.2 Å². The van der Waals surface area contributed by atoms with Gasteiger partial charge in [-0.25, -0.2) is 4.39 Å². The van der Waals surface area contributed by atoms with E-state index in [-0.39, 0.29) is 30.2 Å². The Balaban J connectivity index is 0.00000225. The summed E-state index contributed by atoms with van der Waals surface area (Å²) in [5, 5.41) is 3.56. The smallest absolute Gasteiger partial charge is 0.242 e. The minimum absolute atomic E-state index is 0. The van der Waals surface area contributed by atoms with E-state index in [9.17, 15) is 9.18 Å². The molecule has 1 N–H and O–H groups in total. The summed E-state index contributed by atoms with van der Waals surface area (Å²) >= 11 is 0. The maximum absolute atomic E-state index is 14.5. The lowest BCUT2D eigenvalue weighted by Crippen LogP contribution is -2.47. The van der Waals surface area contributed by atoms with E-state index >= 15 is 0 Å². The maximum atomic E-state index is 14.5. The van der Waals surface area contributed by atoms with Crippen LogP contribution in [0.25, 0.3) is 11.1 Å². The number of aryl methyl sites for hydroxylation is 2. The molecule has 4 nitrogen and oxygen atoms in total. The zero-order valence-electron chi connectivity index (χ0n) is 16.6. The molecule has 3 heterocycles. The van der Waals surface area contributed by atoms with Crippen LogP contribution in [-0.4, -0.2) is 34.9 Å². The van der Waals surface area contributed by atoms with Gasteiger partial charge in [-0.3, -0.25) is 15.1 Å². The Kier molecular flexibility index (Phi) is 5.78. The second kappa shape index (κ2) is 7.80. The predicted molar refractivity (Wildman–Crippen MR) is 111 cm³/mol. The van der Waals surface area contributed by atoms with Crippen LogP contribution in [0.15, 0.2) is 30.3 Å². The summed E-state index contributed by atoms with van der Waals surface area (Å²) < 4.78 is 14.5. The second-order valence-electron chi connectivity index (χ2n) is 7.88. The Morgan fingerprint density at radius 2 is 2.07 bits per heavy atom. The van der Waals surface area contributed by atoms with Crippen LogP contribution in [-0.2, 0) is 11.2 Å². The number of aromatic nitrogens is 1. The Labute approximate surface area is 172 Å². The third-order valence-electron chi connectivity index (χ3n) is 6.02. The van der Waals surface area contributed by atoms with Crippen molar-refractivity contribution < 1.29 is 9.18 Å².